The number of rotatable bonds is 7. The smallest absolute Gasteiger partial charge is 0.251 e. The number of carbonyl (C=O) groups is 2. The third-order valence-corrected chi connectivity index (χ3v) is 4.64. The minimum atomic E-state index is -0.0885. The van der Waals surface area contributed by atoms with Gasteiger partial charge in [0.25, 0.3) is 5.91 Å². The maximum atomic E-state index is 12.3. The predicted octanol–water partition coefficient (Wildman–Crippen LogP) is 3.96. The highest BCUT2D eigenvalue weighted by Crippen LogP contribution is 2.30. The molecule has 25 heavy (non-hydrogen) atoms. The second kappa shape index (κ2) is 7.97. The first-order chi connectivity index (χ1) is 12.2. The Balaban J connectivity index is 1.54. The molecule has 2 aromatic rings. The molecule has 0 aliphatic heterocycles. The molecule has 1 aliphatic rings. The highest BCUT2D eigenvalue weighted by Gasteiger charge is 2.29. The van der Waals surface area contributed by atoms with Crippen molar-refractivity contribution in [3.63, 3.8) is 0 Å². The van der Waals surface area contributed by atoms with Crippen LogP contribution in [-0.4, -0.2) is 18.4 Å². The lowest BCUT2D eigenvalue weighted by Crippen LogP contribution is -2.28. The summed E-state index contributed by atoms with van der Waals surface area (Å²) in [7, 11) is 0. The monoisotopic (exact) mass is 336 g/mol. The van der Waals surface area contributed by atoms with E-state index in [1.807, 2.05) is 18.2 Å². The molecule has 1 fully saturated rings. The molecule has 0 radical (unpaired) electrons. The van der Waals surface area contributed by atoms with E-state index in [1.54, 1.807) is 24.3 Å². The molecule has 3 rings (SSSR count). The first-order valence-electron chi connectivity index (χ1n) is 8.91. The van der Waals surface area contributed by atoms with Crippen molar-refractivity contribution < 1.29 is 9.59 Å². The van der Waals surface area contributed by atoms with E-state index in [1.165, 1.54) is 5.56 Å². The van der Waals surface area contributed by atoms with Crippen molar-refractivity contribution in [1.29, 1.82) is 0 Å². The fourth-order valence-electron chi connectivity index (χ4n) is 2.84. The molecule has 2 amide bonds. The van der Waals surface area contributed by atoms with E-state index in [0.29, 0.717) is 18.0 Å². The van der Waals surface area contributed by atoms with Crippen LogP contribution >= 0.6 is 0 Å². The number of nitrogens with one attached hydrogen (secondary N) is 2. The molecular formula is C21H24N2O2. The molecule has 1 unspecified atom stereocenters. The van der Waals surface area contributed by atoms with Crippen molar-refractivity contribution in [2.75, 3.05) is 11.9 Å². The molecule has 0 saturated heterocycles. The molecule has 0 bridgehead atoms. The topological polar surface area (TPSA) is 58.2 Å². The quantitative estimate of drug-likeness (QED) is 0.804. The summed E-state index contributed by atoms with van der Waals surface area (Å²) in [5.41, 5.74) is 2.58. The molecule has 4 nitrogen and oxygen atoms in total. The summed E-state index contributed by atoms with van der Waals surface area (Å²) in [5.74, 6) is 0.467. The summed E-state index contributed by atoms with van der Waals surface area (Å²) < 4.78 is 0. The van der Waals surface area contributed by atoms with E-state index in [2.05, 4.69) is 29.7 Å². The molecule has 2 N–H and O–H groups in total. The average molecular weight is 336 g/mol. The Morgan fingerprint density at radius 3 is 2.32 bits per heavy atom. The van der Waals surface area contributed by atoms with Crippen LogP contribution in [0.15, 0.2) is 54.6 Å². The SMILES string of the molecule is CCC(CNC(=O)c1ccc(NC(=O)C2CC2)cc1)c1ccccc1. The predicted molar refractivity (Wildman–Crippen MR) is 99.6 cm³/mol. The second-order valence-electron chi connectivity index (χ2n) is 6.57. The van der Waals surface area contributed by atoms with E-state index >= 15 is 0 Å². The van der Waals surface area contributed by atoms with E-state index < -0.39 is 0 Å². The fraction of sp³-hybridized carbons (Fsp3) is 0.333. The minimum absolute atomic E-state index is 0.0749. The van der Waals surface area contributed by atoms with Crippen molar-refractivity contribution in [3.05, 3.63) is 65.7 Å². The Labute approximate surface area is 148 Å². The third-order valence-electron chi connectivity index (χ3n) is 4.64. The van der Waals surface area contributed by atoms with Crippen molar-refractivity contribution in [2.24, 2.45) is 5.92 Å². The van der Waals surface area contributed by atoms with Crippen LogP contribution in [0.4, 0.5) is 5.69 Å². The Morgan fingerprint density at radius 1 is 1.04 bits per heavy atom. The maximum absolute atomic E-state index is 12.3. The van der Waals surface area contributed by atoms with Crippen molar-refractivity contribution in [2.45, 2.75) is 32.1 Å². The Bertz CT molecular complexity index is 721. The van der Waals surface area contributed by atoms with Crippen LogP contribution in [0.1, 0.15) is 48.0 Å². The van der Waals surface area contributed by atoms with Gasteiger partial charge >= 0.3 is 0 Å². The summed E-state index contributed by atoms with van der Waals surface area (Å²) >= 11 is 0. The van der Waals surface area contributed by atoms with E-state index in [0.717, 1.165) is 24.9 Å². The van der Waals surface area contributed by atoms with Gasteiger partial charge in [-0.1, -0.05) is 37.3 Å². The van der Waals surface area contributed by atoms with Crippen LogP contribution in [-0.2, 0) is 4.79 Å². The van der Waals surface area contributed by atoms with E-state index in [4.69, 9.17) is 0 Å². The van der Waals surface area contributed by atoms with Gasteiger partial charge in [-0.25, -0.2) is 0 Å². The van der Waals surface area contributed by atoms with Gasteiger partial charge in [-0.2, -0.15) is 0 Å². The fourth-order valence-corrected chi connectivity index (χ4v) is 2.84. The van der Waals surface area contributed by atoms with Gasteiger partial charge in [-0.15, -0.1) is 0 Å². The number of hydrogen-bond acceptors (Lipinski definition) is 2. The summed E-state index contributed by atoms with van der Waals surface area (Å²) in [6, 6.07) is 17.3. The summed E-state index contributed by atoms with van der Waals surface area (Å²) in [6.07, 6.45) is 2.93. The average Bonchev–Trinajstić information content (AvgIpc) is 3.49. The summed E-state index contributed by atoms with van der Waals surface area (Å²) in [5, 5.41) is 5.89. The minimum Gasteiger partial charge on any atom is -0.351 e. The van der Waals surface area contributed by atoms with Crippen molar-refractivity contribution >= 4 is 17.5 Å². The molecule has 0 spiro atoms. The van der Waals surface area contributed by atoms with E-state index in [9.17, 15) is 9.59 Å². The molecule has 1 atom stereocenters. The molecule has 0 aromatic heterocycles. The zero-order valence-corrected chi connectivity index (χ0v) is 14.5. The van der Waals surface area contributed by atoms with Crippen molar-refractivity contribution in [3.8, 4) is 0 Å². The first kappa shape index (κ1) is 17.2. The van der Waals surface area contributed by atoms with Gasteiger partial charge in [0.2, 0.25) is 5.91 Å². The lowest BCUT2D eigenvalue weighted by atomic mass is 9.96. The summed E-state index contributed by atoms with van der Waals surface area (Å²) in [4.78, 5) is 24.1. The van der Waals surface area contributed by atoms with Crippen molar-refractivity contribution in [1.82, 2.24) is 5.32 Å². The highest BCUT2D eigenvalue weighted by molar-refractivity contribution is 5.96. The lowest BCUT2D eigenvalue weighted by Gasteiger charge is -2.16. The number of carbonyl (C=O) groups excluding carboxylic acids is 2. The van der Waals surface area contributed by atoms with E-state index in [-0.39, 0.29) is 17.7 Å². The van der Waals surface area contributed by atoms with Crippen LogP contribution in [0.5, 0.6) is 0 Å². The standard InChI is InChI=1S/C21H24N2O2/c1-2-15(16-6-4-3-5-7-16)14-22-20(24)17-10-12-19(13-11-17)23-21(25)18-8-9-18/h3-7,10-13,15,18H,2,8-9,14H2,1H3,(H,22,24)(H,23,25). The zero-order chi connectivity index (χ0) is 17.6. The van der Waals surface area contributed by atoms with Gasteiger partial charge in [-0.05, 0) is 49.1 Å². The number of anilines is 1. The van der Waals surface area contributed by atoms with Gasteiger partial charge in [0.05, 0.1) is 0 Å². The summed E-state index contributed by atoms with van der Waals surface area (Å²) in [6.45, 7) is 2.74. The van der Waals surface area contributed by atoms with Crippen LogP contribution in [0, 0.1) is 5.92 Å². The van der Waals surface area contributed by atoms with Crippen LogP contribution in [0.3, 0.4) is 0 Å². The number of hydrogen-bond donors (Lipinski definition) is 2. The third kappa shape index (κ3) is 4.69. The Kier molecular flexibility index (Phi) is 5.49. The van der Waals surface area contributed by atoms with Gasteiger partial charge in [0, 0.05) is 29.6 Å². The zero-order valence-electron chi connectivity index (χ0n) is 14.5. The van der Waals surface area contributed by atoms with Crippen LogP contribution in [0.2, 0.25) is 0 Å². The number of benzene rings is 2. The van der Waals surface area contributed by atoms with Crippen LogP contribution in [0.25, 0.3) is 0 Å². The first-order valence-corrected chi connectivity index (χ1v) is 8.91. The normalized spacial score (nSPS) is 14.6. The second-order valence-corrected chi connectivity index (χ2v) is 6.57. The molecule has 4 heteroatoms. The molecule has 130 valence electrons. The Morgan fingerprint density at radius 2 is 1.72 bits per heavy atom. The highest BCUT2D eigenvalue weighted by atomic mass is 16.2. The molecule has 1 aliphatic carbocycles. The number of amides is 2. The molecule has 0 heterocycles. The Hall–Kier alpha value is -2.62. The van der Waals surface area contributed by atoms with Gasteiger partial charge in [0.15, 0.2) is 0 Å². The van der Waals surface area contributed by atoms with Gasteiger partial charge in [0.1, 0.15) is 0 Å². The molecule has 1 saturated carbocycles. The lowest BCUT2D eigenvalue weighted by molar-refractivity contribution is -0.117. The molecule has 2 aromatic carbocycles. The van der Waals surface area contributed by atoms with Crippen LogP contribution < -0.4 is 10.6 Å². The largest absolute Gasteiger partial charge is 0.351 e. The molecular weight excluding hydrogens is 312 g/mol. The maximum Gasteiger partial charge on any atom is 0.251 e. The van der Waals surface area contributed by atoms with Gasteiger partial charge < -0.3 is 10.6 Å². The van der Waals surface area contributed by atoms with Gasteiger partial charge in [-0.3, -0.25) is 9.59 Å².